The van der Waals surface area contributed by atoms with Gasteiger partial charge in [-0.15, -0.1) is 11.3 Å². The summed E-state index contributed by atoms with van der Waals surface area (Å²) in [5.74, 6) is -0.177. The van der Waals surface area contributed by atoms with Crippen LogP contribution in [0.25, 0.3) is 10.4 Å². The van der Waals surface area contributed by atoms with Crippen LogP contribution in [0.5, 0.6) is 0 Å². The van der Waals surface area contributed by atoms with Crippen molar-refractivity contribution >= 4 is 23.3 Å². The van der Waals surface area contributed by atoms with Crippen molar-refractivity contribution in [2.24, 2.45) is 0 Å². The van der Waals surface area contributed by atoms with Crippen LogP contribution in [-0.4, -0.2) is 77.1 Å². The SMILES string of the molecule is CN(C(=O)c1ccc(-c2ccc(C(F)(F)F)cc2)s1)[C@H]1CCN(C(=O)N2CC[C@H](O)C2)C1. The molecule has 0 unspecified atom stereocenters. The number of hydrogen-bond donors (Lipinski definition) is 1. The van der Waals surface area contributed by atoms with Gasteiger partial charge in [-0.2, -0.15) is 13.2 Å². The molecule has 2 aliphatic rings. The van der Waals surface area contributed by atoms with Crippen LogP contribution in [0.1, 0.15) is 28.1 Å². The zero-order chi connectivity index (χ0) is 23.0. The van der Waals surface area contributed by atoms with Crippen LogP contribution < -0.4 is 0 Å². The fraction of sp³-hybridized carbons (Fsp3) is 0.455. The number of aliphatic hydroxyl groups is 1. The molecule has 2 atom stereocenters. The number of halogens is 3. The van der Waals surface area contributed by atoms with Crippen LogP contribution in [0.2, 0.25) is 0 Å². The Balaban J connectivity index is 1.38. The van der Waals surface area contributed by atoms with Crippen molar-refractivity contribution in [2.45, 2.75) is 31.2 Å². The van der Waals surface area contributed by atoms with Gasteiger partial charge in [-0.25, -0.2) is 4.79 Å². The molecule has 32 heavy (non-hydrogen) atoms. The molecule has 0 radical (unpaired) electrons. The summed E-state index contributed by atoms with van der Waals surface area (Å²) >= 11 is 1.23. The Hall–Kier alpha value is -2.59. The van der Waals surface area contributed by atoms with Gasteiger partial charge < -0.3 is 19.8 Å². The van der Waals surface area contributed by atoms with E-state index in [1.807, 2.05) is 0 Å². The topological polar surface area (TPSA) is 64.1 Å². The van der Waals surface area contributed by atoms with E-state index in [0.717, 1.165) is 12.1 Å². The molecule has 3 amide bonds. The molecule has 1 aromatic heterocycles. The molecule has 0 aliphatic carbocycles. The number of thiophene rings is 1. The molecular formula is C22H24F3N3O3S. The highest BCUT2D eigenvalue weighted by Crippen LogP contribution is 2.33. The first kappa shape index (κ1) is 22.6. The third-order valence-corrected chi connectivity index (χ3v) is 7.17. The van der Waals surface area contributed by atoms with Gasteiger partial charge in [-0.05, 0) is 42.7 Å². The van der Waals surface area contributed by atoms with Crippen LogP contribution in [0.4, 0.5) is 18.0 Å². The average molecular weight is 468 g/mol. The fourth-order valence-electron chi connectivity index (χ4n) is 4.12. The lowest BCUT2D eigenvalue weighted by atomic mass is 10.1. The standard InChI is InChI=1S/C22H24F3N3O3S/c1-26(16-8-10-27(12-16)21(31)28-11-9-17(29)13-28)20(30)19-7-6-18(32-19)14-2-4-15(5-3-14)22(23,24)25/h2-7,16-17,29H,8-13H2,1H3/t16-,17-/m0/s1. The summed E-state index contributed by atoms with van der Waals surface area (Å²) in [5, 5.41) is 9.65. The van der Waals surface area contributed by atoms with Gasteiger partial charge in [0, 0.05) is 38.1 Å². The first-order valence-corrected chi connectivity index (χ1v) is 11.2. The number of alkyl halides is 3. The summed E-state index contributed by atoms with van der Waals surface area (Å²) in [6.45, 7) is 1.87. The Labute approximate surface area is 187 Å². The van der Waals surface area contributed by atoms with Gasteiger partial charge >= 0.3 is 12.2 Å². The summed E-state index contributed by atoms with van der Waals surface area (Å²) in [5.41, 5.74) is -0.0900. The van der Waals surface area contributed by atoms with E-state index in [9.17, 15) is 27.9 Å². The number of rotatable bonds is 3. The van der Waals surface area contributed by atoms with E-state index in [2.05, 4.69) is 0 Å². The number of nitrogens with zero attached hydrogens (tertiary/aromatic N) is 3. The molecule has 1 aromatic carbocycles. The Kier molecular flexibility index (Phi) is 6.17. The minimum absolute atomic E-state index is 0.106. The van der Waals surface area contributed by atoms with Gasteiger partial charge in [-0.3, -0.25) is 4.79 Å². The minimum atomic E-state index is -4.39. The van der Waals surface area contributed by atoms with Crippen LogP contribution in [-0.2, 0) is 6.18 Å². The van der Waals surface area contributed by atoms with E-state index in [1.165, 1.54) is 23.5 Å². The maximum absolute atomic E-state index is 13.0. The molecule has 1 N–H and O–H groups in total. The van der Waals surface area contributed by atoms with Crippen molar-refractivity contribution in [2.75, 3.05) is 33.2 Å². The van der Waals surface area contributed by atoms with Gasteiger partial charge in [0.25, 0.3) is 5.91 Å². The largest absolute Gasteiger partial charge is 0.416 e. The average Bonchev–Trinajstić information content (AvgIpc) is 3.52. The van der Waals surface area contributed by atoms with Crippen molar-refractivity contribution in [1.29, 1.82) is 0 Å². The Bertz CT molecular complexity index is 992. The molecule has 2 saturated heterocycles. The summed E-state index contributed by atoms with van der Waals surface area (Å²) in [4.78, 5) is 31.8. The zero-order valence-electron chi connectivity index (χ0n) is 17.5. The van der Waals surface area contributed by atoms with Crippen molar-refractivity contribution in [3.63, 3.8) is 0 Å². The van der Waals surface area contributed by atoms with Gasteiger partial charge in [0.05, 0.1) is 22.6 Å². The molecule has 10 heteroatoms. The maximum atomic E-state index is 13.0. The van der Waals surface area contributed by atoms with Gasteiger partial charge in [0.2, 0.25) is 0 Å². The first-order chi connectivity index (χ1) is 15.1. The highest BCUT2D eigenvalue weighted by molar-refractivity contribution is 7.17. The maximum Gasteiger partial charge on any atom is 0.416 e. The first-order valence-electron chi connectivity index (χ1n) is 10.4. The molecule has 0 spiro atoms. The number of aliphatic hydroxyl groups excluding tert-OH is 1. The third-order valence-electron chi connectivity index (χ3n) is 6.05. The molecule has 2 aromatic rings. The number of hydrogen-bond acceptors (Lipinski definition) is 4. The normalized spacial score (nSPS) is 21.3. The van der Waals surface area contributed by atoms with E-state index < -0.39 is 17.8 Å². The predicted molar refractivity (Wildman–Crippen MR) is 114 cm³/mol. The molecule has 2 fully saturated rings. The van der Waals surface area contributed by atoms with Crippen LogP contribution in [0.3, 0.4) is 0 Å². The van der Waals surface area contributed by atoms with Gasteiger partial charge in [-0.1, -0.05) is 12.1 Å². The number of urea groups is 1. The second-order valence-corrected chi connectivity index (χ2v) is 9.30. The number of likely N-dealkylation sites (N-methyl/N-ethyl adjacent to an activating group) is 1. The lowest BCUT2D eigenvalue weighted by Gasteiger charge is -2.26. The molecule has 6 nitrogen and oxygen atoms in total. The molecule has 0 saturated carbocycles. The van der Waals surface area contributed by atoms with Crippen LogP contribution in [0.15, 0.2) is 36.4 Å². The highest BCUT2D eigenvalue weighted by Gasteiger charge is 2.35. The van der Waals surface area contributed by atoms with E-state index in [4.69, 9.17) is 0 Å². The Morgan fingerprint density at radius 3 is 2.31 bits per heavy atom. The molecular weight excluding hydrogens is 443 g/mol. The zero-order valence-corrected chi connectivity index (χ0v) is 18.3. The number of likely N-dealkylation sites (tertiary alicyclic amines) is 2. The van der Waals surface area contributed by atoms with E-state index in [-0.39, 0.29) is 18.0 Å². The lowest BCUT2D eigenvalue weighted by Crippen LogP contribution is -2.44. The molecule has 2 aliphatic heterocycles. The van der Waals surface area contributed by atoms with Crippen molar-refractivity contribution < 1.29 is 27.9 Å². The van der Waals surface area contributed by atoms with E-state index >= 15 is 0 Å². The molecule has 0 bridgehead atoms. The number of β-amino-alcohol motifs (C(OH)–C–C–N with tert-alkyl or cyclic N) is 1. The van der Waals surface area contributed by atoms with Gasteiger partial charge in [0.1, 0.15) is 0 Å². The van der Waals surface area contributed by atoms with Crippen molar-refractivity contribution in [3.8, 4) is 10.4 Å². The summed E-state index contributed by atoms with van der Waals surface area (Å²) in [6, 6.07) is 8.07. The smallest absolute Gasteiger partial charge is 0.391 e. The Morgan fingerprint density at radius 1 is 1.03 bits per heavy atom. The molecule has 3 heterocycles. The third kappa shape index (κ3) is 4.61. The number of amides is 3. The monoisotopic (exact) mass is 467 g/mol. The van der Waals surface area contributed by atoms with E-state index in [0.29, 0.717) is 54.3 Å². The van der Waals surface area contributed by atoms with Gasteiger partial charge in [0.15, 0.2) is 0 Å². The number of carbonyl (C=O) groups excluding carboxylic acids is 2. The number of benzene rings is 1. The van der Waals surface area contributed by atoms with E-state index in [1.54, 1.807) is 33.9 Å². The second-order valence-electron chi connectivity index (χ2n) is 8.21. The second kappa shape index (κ2) is 8.74. The van der Waals surface area contributed by atoms with Crippen molar-refractivity contribution in [1.82, 2.24) is 14.7 Å². The number of carbonyl (C=O) groups is 2. The Morgan fingerprint density at radius 2 is 1.69 bits per heavy atom. The van der Waals surface area contributed by atoms with Crippen LogP contribution >= 0.6 is 11.3 Å². The molecule has 172 valence electrons. The summed E-state index contributed by atoms with van der Waals surface area (Å²) < 4.78 is 38.3. The predicted octanol–water partition coefficient (Wildman–Crippen LogP) is 3.77. The van der Waals surface area contributed by atoms with Crippen molar-refractivity contribution in [3.05, 3.63) is 46.8 Å². The summed E-state index contributed by atoms with van der Waals surface area (Å²) in [6.07, 6.45) is -3.61. The molecule has 4 rings (SSSR count). The summed E-state index contributed by atoms with van der Waals surface area (Å²) in [7, 11) is 1.71. The quantitative estimate of drug-likeness (QED) is 0.748. The highest BCUT2D eigenvalue weighted by atomic mass is 32.1. The lowest BCUT2D eigenvalue weighted by molar-refractivity contribution is -0.137. The minimum Gasteiger partial charge on any atom is -0.391 e. The fourth-order valence-corrected chi connectivity index (χ4v) is 5.11. The van der Waals surface area contributed by atoms with Crippen LogP contribution in [0, 0.1) is 0 Å².